The quantitative estimate of drug-likeness (QED) is 0.130. The molecule has 10 rings (SSSR count). The molecule has 2 aromatic carbocycles. The Kier molecular flexibility index (Phi) is 9.26. The summed E-state index contributed by atoms with van der Waals surface area (Å²) in [5.74, 6) is -0.900. The van der Waals surface area contributed by atoms with E-state index in [1.165, 1.54) is 18.2 Å². The van der Waals surface area contributed by atoms with E-state index in [1.54, 1.807) is 13.3 Å². The molecule has 2 bridgehead atoms. The Morgan fingerprint density at radius 3 is 2.69 bits per heavy atom. The number of halogens is 4. The third kappa shape index (κ3) is 6.27. The molecule has 5 saturated heterocycles. The Morgan fingerprint density at radius 2 is 1.93 bits per heavy atom. The minimum Gasteiger partial charge on any atom is -0.474 e. The van der Waals surface area contributed by atoms with Crippen LogP contribution < -0.4 is 15.2 Å². The molecule has 1 saturated carbocycles. The highest BCUT2D eigenvalue weighted by molar-refractivity contribution is 7.60. The lowest BCUT2D eigenvalue weighted by molar-refractivity contribution is -0.134. The number of anilines is 1. The molecular formula is C41H44ClF3N7O4PS. The van der Waals surface area contributed by atoms with E-state index in [1.807, 2.05) is 15.6 Å². The van der Waals surface area contributed by atoms with Crippen LogP contribution in [-0.2, 0) is 9.36 Å². The summed E-state index contributed by atoms with van der Waals surface area (Å²) in [7, 11) is -2.61. The summed E-state index contributed by atoms with van der Waals surface area (Å²) >= 11 is 7.82. The molecule has 2 N–H and O–H groups in total. The van der Waals surface area contributed by atoms with Crippen molar-refractivity contribution in [1.82, 2.24) is 24.4 Å². The number of amides is 1. The highest BCUT2D eigenvalue weighted by Gasteiger charge is 2.64. The third-order valence-electron chi connectivity index (χ3n) is 13.5. The molecule has 1 amide bonds. The highest BCUT2D eigenvalue weighted by Crippen LogP contribution is 2.61. The molecule has 17 heteroatoms. The van der Waals surface area contributed by atoms with Crippen molar-refractivity contribution in [1.29, 1.82) is 5.26 Å². The summed E-state index contributed by atoms with van der Waals surface area (Å²) < 4.78 is 75.2. The van der Waals surface area contributed by atoms with Crippen LogP contribution in [-0.4, -0.2) is 105 Å². The second-order valence-electron chi connectivity index (χ2n) is 17.5. The molecule has 7 heterocycles. The predicted octanol–water partition coefficient (Wildman–Crippen LogP) is 8.14. The van der Waals surface area contributed by atoms with E-state index < -0.39 is 36.7 Å². The van der Waals surface area contributed by atoms with E-state index in [0.29, 0.717) is 38.1 Å². The van der Waals surface area contributed by atoms with Crippen molar-refractivity contribution in [2.24, 2.45) is 5.92 Å². The van der Waals surface area contributed by atoms with Crippen molar-refractivity contribution < 1.29 is 32.0 Å². The number of carbonyl (C=O) groups excluding carboxylic acids is 1. The van der Waals surface area contributed by atoms with Crippen LogP contribution in [0.25, 0.3) is 32.1 Å². The van der Waals surface area contributed by atoms with Crippen LogP contribution in [0.1, 0.15) is 69.8 Å². The molecule has 6 fully saturated rings. The van der Waals surface area contributed by atoms with Gasteiger partial charge in [0.05, 0.1) is 26.2 Å². The minimum atomic E-state index is -2.61. The number of carbonyl (C=O) groups is 1. The van der Waals surface area contributed by atoms with Crippen molar-refractivity contribution in [3.8, 4) is 29.1 Å². The van der Waals surface area contributed by atoms with Crippen molar-refractivity contribution in [3.05, 3.63) is 40.4 Å². The molecule has 8 atom stereocenters. The number of rotatable bonds is 9. The van der Waals surface area contributed by atoms with Crippen molar-refractivity contribution in [3.63, 3.8) is 0 Å². The van der Waals surface area contributed by atoms with Gasteiger partial charge in [-0.2, -0.15) is 15.2 Å². The number of thiophene rings is 1. The first kappa shape index (κ1) is 38.5. The number of ether oxygens (including phenoxy) is 2. The summed E-state index contributed by atoms with van der Waals surface area (Å²) in [6, 6.07) is 5.61. The van der Waals surface area contributed by atoms with Gasteiger partial charge in [-0.1, -0.05) is 17.7 Å². The number of benzene rings is 2. The number of aromatic nitrogens is 2. The second-order valence-corrected chi connectivity index (χ2v) is 22.0. The number of nitrogen functional groups attached to an aromatic ring is 1. The second kappa shape index (κ2) is 13.9. The van der Waals surface area contributed by atoms with Crippen LogP contribution in [0.2, 0.25) is 5.02 Å². The van der Waals surface area contributed by atoms with Gasteiger partial charge in [-0.3, -0.25) is 9.69 Å². The van der Waals surface area contributed by atoms with Crippen molar-refractivity contribution in [2.75, 3.05) is 38.8 Å². The zero-order valence-corrected chi connectivity index (χ0v) is 34.7. The number of fused-ring (bicyclic) bond motifs is 5. The summed E-state index contributed by atoms with van der Waals surface area (Å²) in [6.07, 6.45) is 6.25. The van der Waals surface area contributed by atoms with Gasteiger partial charge in [-0.05, 0) is 81.5 Å². The first-order valence-corrected chi connectivity index (χ1v) is 24.0. The van der Waals surface area contributed by atoms with Gasteiger partial charge >= 0.3 is 6.01 Å². The molecule has 4 aromatic rings. The number of nitrogens with zero attached hydrogens (tertiary/aromatic N) is 6. The topological polar surface area (TPSA) is 138 Å². The third-order valence-corrected chi connectivity index (χ3v) is 16.5. The minimum absolute atomic E-state index is 0.0231. The number of alkyl halides is 1. The van der Waals surface area contributed by atoms with Crippen LogP contribution in [0.3, 0.4) is 0 Å². The molecule has 11 nitrogen and oxygen atoms in total. The maximum absolute atomic E-state index is 17.2. The molecule has 2 aromatic heterocycles. The molecule has 306 valence electrons. The maximum atomic E-state index is 17.2. The molecule has 6 aliphatic rings. The average Bonchev–Trinajstić information content (AvgIpc) is 4.01. The van der Waals surface area contributed by atoms with E-state index in [-0.39, 0.29) is 96.3 Å². The molecule has 2 unspecified atom stereocenters. The monoisotopic (exact) mass is 853 g/mol. The molecular weight excluding hydrogens is 810 g/mol. The first-order valence-electron chi connectivity index (χ1n) is 20.2. The van der Waals surface area contributed by atoms with Gasteiger partial charge in [0.15, 0.2) is 5.82 Å². The summed E-state index contributed by atoms with van der Waals surface area (Å²) in [5, 5.41) is 10.4. The SMILES string of the molecule is CP(C)(=O)N1[C@H](C(=O)N2C3CC[C@@H](Oc4nc(OC[C@@]56CCCN5C[C@H](F)C6)nc5c(F)c(-c6ccc(F)c7sc(N)c(C#N)c67)c(Cl)cc45)C[C@H]2CC3)[C@@H]1C1CC1. The Bertz CT molecular complexity index is 2480. The van der Waals surface area contributed by atoms with E-state index in [4.69, 9.17) is 31.8 Å². The lowest BCUT2D eigenvalue weighted by Crippen LogP contribution is -2.44. The van der Waals surface area contributed by atoms with Gasteiger partial charge in [-0.15, -0.1) is 11.3 Å². The van der Waals surface area contributed by atoms with Gasteiger partial charge in [0.25, 0.3) is 0 Å². The average molecular weight is 854 g/mol. The highest BCUT2D eigenvalue weighted by atomic mass is 35.5. The fourth-order valence-corrected chi connectivity index (χ4v) is 13.8. The van der Waals surface area contributed by atoms with E-state index >= 15 is 8.78 Å². The molecule has 0 spiro atoms. The van der Waals surface area contributed by atoms with Gasteiger partial charge in [0.1, 0.15) is 54.6 Å². The fraction of sp³-hybridized carbons (Fsp3) is 0.561. The van der Waals surface area contributed by atoms with Gasteiger partial charge in [0.2, 0.25) is 11.8 Å². The van der Waals surface area contributed by atoms with E-state index in [0.717, 1.165) is 56.4 Å². The number of nitrogens with two attached hydrogens (primary N) is 1. The smallest absolute Gasteiger partial charge is 0.320 e. The Balaban J connectivity index is 1.01. The van der Waals surface area contributed by atoms with Crippen LogP contribution in [0.15, 0.2) is 18.2 Å². The fourth-order valence-electron chi connectivity index (χ4n) is 10.8. The molecule has 0 radical (unpaired) electrons. The normalized spacial score (nSPS) is 30.8. The van der Waals surface area contributed by atoms with Crippen molar-refractivity contribution in [2.45, 2.75) is 106 Å². The van der Waals surface area contributed by atoms with Crippen LogP contribution in [0.4, 0.5) is 18.2 Å². The Labute approximate surface area is 343 Å². The van der Waals surface area contributed by atoms with Crippen LogP contribution in [0.5, 0.6) is 11.9 Å². The lowest BCUT2D eigenvalue weighted by Gasteiger charge is -2.31. The standard InChI is InChI=1S/C41H44ClF3N7O4PS/c1-57(2,54)52-34(20-4-5-20)35(52)39(53)51-22-6-7-23(51)14-24(9-8-22)56-38-26-15-28(42)31(25-10-11-29(44)36-30(25)27(17-46)37(47)58-36)32(45)33(26)48-40(49-38)55-19-41-12-3-13-50(41)18-21(43)16-41/h10-11,15,20-24,34-35H,3-9,12-14,16,18-19,47H2,1-2H3/t21-,22?,23-,24-,34+,35+,41+,52?/m1/s1. The first-order chi connectivity index (χ1) is 27.8. The largest absolute Gasteiger partial charge is 0.474 e. The maximum Gasteiger partial charge on any atom is 0.320 e. The molecule has 1 aliphatic carbocycles. The summed E-state index contributed by atoms with van der Waals surface area (Å²) in [5.41, 5.74) is 5.55. The zero-order valence-electron chi connectivity index (χ0n) is 32.2. The number of hydrogen-bond acceptors (Lipinski definition) is 10. The zero-order chi connectivity index (χ0) is 40.4. The number of nitriles is 1. The number of hydrogen-bond donors (Lipinski definition) is 1. The van der Waals surface area contributed by atoms with E-state index in [9.17, 15) is 19.0 Å². The molecule has 5 aliphatic heterocycles. The van der Waals surface area contributed by atoms with Crippen LogP contribution >= 0.6 is 30.2 Å². The Hall–Kier alpha value is -3.67. The van der Waals surface area contributed by atoms with Crippen LogP contribution in [0, 0.1) is 28.9 Å². The Morgan fingerprint density at radius 1 is 1.16 bits per heavy atom. The van der Waals surface area contributed by atoms with Gasteiger partial charge in [0, 0.05) is 61.8 Å². The van der Waals surface area contributed by atoms with Gasteiger partial charge in [-0.25, -0.2) is 17.8 Å². The molecule has 58 heavy (non-hydrogen) atoms. The predicted molar refractivity (Wildman–Crippen MR) is 216 cm³/mol. The van der Waals surface area contributed by atoms with E-state index in [2.05, 4.69) is 9.88 Å². The summed E-state index contributed by atoms with van der Waals surface area (Å²) in [4.78, 5) is 27.7. The summed E-state index contributed by atoms with van der Waals surface area (Å²) in [6.45, 7) is 4.68. The van der Waals surface area contributed by atoms with Crippen molar-refractivity contribution >= 4 is 62.1 Å². The lowest BCUT2D eigenvalue weighted by atomic mass is 9.95. The van der Waals surface area contributed by atoms with Gasteiger partial charge < -0.3 is 24.7 Å².